The molecule has 3 rings (SSSR count). The summed E-state index contributed by atoms with van der Waals surface area (Å²) < 4.78 is 18.5. The molecule has 1 saturated heterocycles. The van der Waals surface area contributed by atoms with E-state index in [2.05, 4.69) is 20.5 Å². The highest BCUT2D eigenvalue weighted by Crippen LogP contribution is 2.23. The Bertz CT molecular complexity index is 704. The van der Waals surface area contributed by atoms with E-state index in [1.807, 2.05) is 0 Å². The normalized spacial score (nSPS) is 14.3. The maximum atomic E-state index is 13.1. The Hall–Kier alpha value is -2.67. The number of aromatic nitrogens is 1. The zero-order valence-electron chi connectivity index (χ0n) is 13.2. The molecule has 1 aromatic carbocycles. The maximum Gasteiger partial charge on any atom is 0.319 e. The van der Waals surface area contributed by atoms with E-state index in [0.717, 1.165) is 18.9 Å². The Labute approximate surface area is 139 Å². The number of nitrogens with zero attached hydrogens (tertiary/aromatic N) is 2. The molecular weight excluding hydrogens is 311 g/mol. The first-order valence-corrected chi connectivity index (χ1v) is 7.79. The van der Waals surface area contributed by atoms with E-state index in [0.29, 0.717) is 24.5 Å². The number of nitrogens with one attached hydrogen (secondary N) is 2. The lowest BCUT2D eigenvalue weighted by molar-refractivity contribution is 0.122. The molecule has 2 aromatic rings. The van der Waals surface area contributed by atoms with Crippen molar-refractivity contribution in [2.24, 2.45) is 0 Å². The van der Waals surface area contributed by atoms with Gasteiger partial charge in [0.05, 0.1) is 18.9 Å². The summed E-state index contributed by atoms with van der Waals surface area (Å²) in [7, 11) is 0. The van der Waals surface area contributed by atoms with Crippen LogP contribution in [0.15, 0.2) is 42.6 Å². The highest BCUT2D eigenvalue weighted by molar-refractivity contribution is 5.92. The number of morpholine rings is 1. The third kappa shape index (κ3) is 4.20. The lowest BCUT2D eigenvalue weighted by atomic mass is 10.2. The quantitative estimate of drug-likeness (QED) is 0.903. The second kappa shape index (κ2) is 7.74. The van der Waals surface area contributed by atoms with Gasteiger partial charge < -0.3 is 20.3 Å². The van der Waals surface area contributed by atoms with Crippen LogP contribution in [-0.2, 0) is 11.3 Å². The van der Waals surface area contributed by atoms with Crippen LogP contribution in [0.3, 0.4) is 0 Å². The number of benzene rings is 1. The van der Waals surface area contributed by atoms with Crippen LogP contribution in [0.4, 0.5) is 20.7 Å². The molecule has 0 spiro atoms. The number of hydrogen-bond donors (Lipinski definition) is 2. The van der Waals surface area contributed by atoms with Crippen LogP contribution >= 0.6 is 0 Å². The lowest BCUT2D eigenvalue weighted by Crippen LogP contribution is -2.38. The van der Waals surface area contributed by atoms with Gasteiger partial charge >= 0.3 is 6.03 Å². The van der Waals surface area contributed by atoms with Gasteiger partial charge in [-0.25, -0.2) is 14.2 Å². The monoisotopic (exact) mass is 330 g/mol. The molecular formula is C17H19FN4O2. The summed E-state index contributed by atoms with van der Waals surface area (Å²) in [6.07, 6.45) is 1.70. The molecule has 2 amide bonds. The van der Waals surface area contributed by atoms with Crippen LogP contribution in [0.25, 0.3) is 0 Å². The van der Waals surface area contributed by atoms with Crippen LogP contribution in [0.1, 0.15) is 5.56 Å². The maximum absolute atomic E-state index is 13.1. The van der Waals surface area contributed by atoms with Crippen LogP contribution < -0.4 is 15.5 Å². The molecule has 0 unspecified atom stereocenters. The number of carbonyl (C=O) groups is 1. The SMILES string of the molecule is O=C(NCc1cccc(F)c1)Nc1cccnc1N1CCOCC1. The molecule has 0 atom stereocenters. The van der Waals surface area contributed by atoms with Gasteiger partial charge in [-0.3, -0.25) is 0 Å². The average Bonchev–Trinajstić information content (AvgIpc) is 2.61. The number of amides is 2. The van der Waals surface area contributed by atoms with Crippen molar-refractivity contribution in [2.45, 2.75) is 6.54 Å². The first-order chi connectivity index (χ1) is 11.7. The Morgan fingerprint density at radius 3 is 2.88 bits per heavy atom. The van der Waals surface area contributed by atoms with Crippen molar-refractivity contribution in [1.82, 2.24) is 10.3 Å². The number of hydrogen-bond acceptors (Lipinski definition) is 4. The minimum atomic E-state index is -0.359. The van der Waals surface area contributed by atoms with Gasteiger partial charge in [-0.15, -0.1) is 0 Å². The summed E-state index contributed by atoms with van der Waals surface area (Å²) in [5, 5.41) is 5.52. The summed E-state index contributed by atoms with van der Waals surface area (Å²) >= 11 is 0. The van der Waals surface area contributed by atoms with Crippen LogP contribution in [-0.4, -0.2) is 37.3 Å². The van der Waals surface area contributed by atoms with E-state index < -0.39 is 0 Å². The van der Waals surface area contributed by atoms with Crippen LogP contribution in [0.5, 0.6) is 0 Å². The van der Waals surface area contributed by atoms with Gasteiger partial charge in [-0.1, -0.05) is 12.1 Å². The van der Waals surface area contributed by atoms with Gasteiger partial charge in [-0.05, 0) is 29.8 Å². The fraction of sp³-hybridized carbons (Fsp3) is 0.294. The molecule has 2 heterocycles. The Balaban J connectivity index is 1.62. The predicted octanol–water partition coefficient (Wildman–Crippen LogP) is 2.38. The van der Waals surface area contributed by atoms with Gasteiger partial charge in [0.15, 0.2) is 5.82 Å². The predicted molar refractivity (Wildman–Crippen MR) is 89.5 cm³/mol. The van der Waals surface area contributed by atoms with Crippen LogP contribution in [0.2, 0.25) is 0 Å². The van der Waals surface area contributed by atoms with Crippen molar-refractivity contribution < 1.29 is 13.9 Å². The molecule has 6 nitrogen and oxygen atoms in total. The zero-order chi connectivity index (χ0) is 16.8. The number of ether oxygens (including phenoxy) is 1. The number of pyridine rings is 1. The fourth-order valence-electron chi connectivity index (χ4n) is 2.52. The molecule has 0 aliphatic carbocycles. The summed E-state index contributed by atoms with van der Waals surface area (Å²) in [6.45, 7) is 2.99. The van der Waals surface area contributed by atoms with Crippen molar-refractivity contribution >= 4 is 17.5 Å². The highest BCUT2D eigenvalue weighted by Gasteiger charge is 2.17. The number of rotatable bonds is 4. The summed E-state index contributed by atoms with van der Waals surface area (Å²) in [4.78, 5) is 18.6. The van der Waals surface area contributed by atoms with E-state index >= 15 is 0 Å². The summed E-state index contributed by atoms with van der Waals surface area (Å²) in [5.41, 5.74) is 1.33. The molecule has 1 aliphatic heterocycles. The topological polar surface area (TPSA) is 66.5 Å². The minimum Gasteiger partial charge on any atom is -0.378 e. The van der Waals surface area contributed by atoms with Gasteiger partial charge in [-0.2, -0.15) is 0 Å². The lowest BCUT2D eigenvalue weighted by Gasteiger charge is -2.29. The minimum absolute atomic E-state index is 0.247. The largest absolute Gasteiger partial charge is 0.378 e. The molecule has 1 fully saturated rings. The summed E-state index contributed by atoms with van der Waals surface area (Å²) in [5.74, 6) is 0.401. The first kappa shape index (κ1) is 16.2. The summed E-state index contributed by atoms with van der Waals surface area (Å²) in [6, 6.07) is 9.35. The molecule has 0 saturated carbocycles. The van der Waals surface area contributed by atoms with E-state index in [1.54, 1.807) is 30.5 Å². The van der Waals surface area contributed by atoms with Crippen molar-refractivity contribution in [3.63, 3.8) is 0 Å². The van der Waals surface area contributed by atoms with Gasteiger partial charge in [0.1, 0.15) is 5.82 Å². The number of carbonyl (C=O) groups excluding carboxylic acids is 1. The molecule has 126 valence electrons. The second-order valence-electron chi connectivity index (χ2n) is 5.41. The van der Waals surface area contributed by atoms with Crippen LogP contribution in [0, 0.1) is 5.82 Å². The van der Waals surface area contributed by atoms with Crippen molar-refractivity contribution in [1.29, 1.82) is 0 Å². The second-order valence-corrected chi connectivity index (χ2v) is 5.41. The smallest absolute Gasteiger partial charge is 0.319 e. The highest BCUT2D eigenvalue weighted by atomic mass is 19.1. The number of halogens is 1. The van der Waals surface area contributed by atoms with Crippen molar-refractivity contribution in [2.75, 3.05) is 36.5 Å². The van der Waals surface area contributed by atoms with Crippen molar-refractivity contribution in [3.05, 3.63) is 54.0 Å². The van der Waals surface area contributed by atoms with E-state index in [9.17, 15) is 9.18 Å². The van der Waals surface area contributed by atoms with E-state index in [4.69, 9.17) is 4.74 Å². The van der Waals surface area contributed by atoms with E-state index in [1.165, 1.54) is 12.1 Å². The Morgan fingerprint density at radius 2 is 2.08 bits per heavy atom. The molecule has 0 radical (unpaired) electrons. The van der Waals surface area contributed by atoms with E-state index in [-0.39, 0.29) is 18.4 Å². The molecule has 24 heavy (non-hydrogen) atoms. The standard InChI is InChI=1S/C17H19FN4O2/c18-14-4-1-3-13(11-14)12-20-17(23)21-15-5-2-6-19-16(15)22-7-9-24-10-8-22/h1-6,11H,7-10,12H2,(H2,20,21,23). The number of urea groups is 1. The average molecular weight is 330 g/mol. The van der Waals surface area contributed by atoms with Gasteiger partial charge in [0.25, 0.3) is 0 Å². The first-order valence-electron chi connectivity index (χ1n) is 7.79. The Morgan fingerprint density at radius 1 is 1.25 bits per heavy atom. The van der Waals surface area contributed by atoms with Gasteiger partial charge in [0.2, 0.25) is 0 Å². The molecule has 1 aromatic heterocycles. The number of anilines is 2. The molecule has 7 heteroatoms. The third-order valence-electron chi connectivity index (χ3n) is 3.69. The molecule has 1 aliphatic rings. The molecule has 2 N–H and O–H groups in total. The Kier molecular flexibility index (Phi) is 5.22. The third-order valence-corrected chi connectivity index (χ3v) is 3.69. The van der Waals surface area contributed by atoms with Gasteiger partial charge in [0, 0.05) is 25.8 Å². The molecule has 0 bridgehead atoms. The van der Waals surface area contributed by atoms with Crippen molar-refractivity contribution in [3.8, 4) is 0 Å². The zero-order valence-corrected chi connectivity index (χ0v) is 13.2. The fourth-order valence-corrected chi connectivity index (χ4v) is 2.52.